The first kappa shape index (κ1) is 15.5. The van der Waals surface area contributed by atoms with Crippen molar-refractivity contribution >= 4 is 27.3 Å². The molecule has 0 bridgehead atoms. The van der Waals surface area contributed by atoms with E-state index in [4.69, 9.17) is 4.74 Å². The summed E-state index contributed by atoms with van der Waals surface area (Å²) in [6.07, 6.45) is 1.19. The molecule has 0 amide bonds. The summed E-state index contributed by atoms with van der Waals surface area (Å²) in [6.45, 7) is 5.69. The van der Waals surface area contributed by atoms with Gasteiger partial charge in [-0.25, -0.2) is 8.42 Å². The van der Waals surface area contributed by atoms with Crippen LogP contribution in [-0.2, 0) is 19.6 Å². The number of thiophene rings is 1. The van der Waals surface area contributed by atoms with E-state index < -0.39 is 27.6 Å². The lowest BCUT2D eigenvalue weighted by Crippen LogP contribution is -2.43. The lowest BCUT2D eigenvalue weighted by Gasteiger charge is -2.26. The summed E-state index contributed by atoms with van der Waals surface area (Å²) in [4.78, 5) is 12.2. The largest absolute Gasteiger partial charge is 0.459 e. The first-order valence-corrected chi connectivity index (χ1v) is 8.82. The van der Waals surface area contributed by atoms with Crippen LogP contribution in [0, 0.1) is 0 Å². The van der Waals surface area contributed by atoms with Gasteiger partial charge in [0.1, 0.15) is 15.9 Å². The minimum absolute atomic E-state index is 0.271. The molecule has 0 saturated carbocycles. The summed E-state index contributed by atoms with van der Waals surface area (Å²) in [5, 5.41) is 1.71. The molecule has 20 heavy (non-hydrogen) atoms. The Morgan fingerprint density at radius 3 is 2.70 bits per heavy atom. The molecule has 0 N–H and O–H groups in total. The number of rotatable bonds is 3. The molecule has 112 valence electrons. The molecule has 1 aromatic heterocycles. The zero-order valence-corrected chi connectivity index (χ0v) is 13.5. The van der Waals surface area contributed by atoms with Crippen LogP contribution < -0.4 is 0 Å². The molecule has 1 saturated heterocycles. The Labute approximate surface area is 123 Å². The average Bonchev–Trinajstić information content (AvgIpc) is 2.99. The van der Waals surface area contributed by atoms with Gasteiger partial charge in [0, 0.05) is 6.54 Å². The van der Waals surface area contributed by atoms with Crippen LogP contribution in [0.4, 0.5) is 0 Å². The van der Waals surface area contributed by atoms with E-state index in [-0.39, 0.29) is 4.21 Å². The first-order valence-electron chi connectivity index (χ1n) is 6.50. The van der Waals surface area contributed by atoms with Crippen molar-refractivity contribution in [3.63, 3.8) is 0 Å². The summed E-state index contributed by atoms with van der Waals surface area (Å²) in [7, 11) is -3.59. The SMILES string of the molecule is CC(C)(C)OC(=O)[C@H]1CCCN1S(=O)(=O)c1cccs1. The molecule has 2 rings (SSSR count). The standard InChI is InChI=1S/C13H19NO4S2/c1-13(2,3)18-12(15)10-6-4-8-14(10)20(16,17)11-7-5-9-19-11/h5,7,9-10H,4,6,8H2,1-3H3/t10-/m1/s1. The van der Waals surface area contributed by atoms with Gasteiger partial charge in [-0.2, -0.15) is 4.31 Å². The van der Waals surface area contributed by atoms with Gasteiger partial charge in [-0.1, -0.05) is 6.07 Å². The third-order valence-corrected chi connectivity index (χ3v) is 6.22. The quantitative estimate of drug-likeness (QED) is 0.802. The molecule has 2 heterocycles. The number of carbonyl (C=O) groups excluding carboxylic acids is 1. The number of carbonyl (C=O) groups is 1. The number of ether oxygens (including phenoxy) is 1. The molecule has 1 fully saturated rings. The number of nitrogens with zero attached hydrogens (tertiary/aromatic N) is 1. The molecule has 0 radical (unpaired) electrons. The maximum Gasteiger partial charge on any atom is 0.324 e. The predicted molar refractivity (Wildman–Crippen MR) is 77.1 cm³/mol. The Bertz CT molecular complexity index is 572. The van der Waals surface area contributed by atoms with Crippen LogP contribution in [0.5, 0.6) is 0 Å². The number of sulfonamides is 1. The van der Waals surface area contributed by atoms with Gasteiger partial charge in [0.2, 0.25) is 0 Å². The smallest absolute Gasteiger partial charge is 0.324 e. The molecule has 1 aliphatic rings. The van der Waals surface area contributed by atoms with E-state index in [0.717, 1.165) is 11.3 Å². The monoisotopic (exact) mass is 317 g/mol. The van der Waals surface area contributed by atoms with Gasteiger partial charge in [0.15, 0.2) is 0 Å². The molecule has 0 unspecified atom stereocenters. The minimum Gasteiger partial charge on any atom is -0.459 e. The van der Waals surface area contributed by atoms with Crippen molar-refractivity contribution in [1.29, 1.82) is 0 Å². The highest BCUT2D eigenvalue weighted by atomic mass is 32.2. The van der Waals surface area contributed by atoms with Gasteiger partial charge in [0.05, 0.1) is 0 Å². The zero-order chi connectivity index (χ0) is 15.0. The molecular weight excluding hydrogens is 298 g/mol. The van der Waals surface area contributed by atoms with Crippen LogP contribution in [0.2, 0.25) is 0 Å². The topological polar surface area (TPSA) is 63.7 Å². The van der Waals surface area contributed by atoms with Crippen molar-refractivity contribution in [3.05, 3.63) is 17.5 Å². The second-order valence-corrected chi connectivity index (χ2v) is 8.80. The zero-order valence-electron chi connectivity index (χ0n) is 11.8. The predicted octanol–water partition coefficient (Wildman–Crippen LogP) is 2.24. The molecular formula is C13H19NO4S2. The normalized spacial score (nSPS) is 21.1. The van der Waals surface area contributed by atoms with Crippen molar-refractivity contribution in [1.82, 2.24) is 4.31 Å². The van der Waals surface area contributed by atoms with Crippen molar-refractivity contribution < 1.29 is 17.9 Å². The second-order valence-electron chi connectivity index (χ2n) is 5.74. The highest BCUT2D eigenvalue weighted by Crippen LogP contribution is 2.29. The van der Waals surface area contributed by atoms with Gasteiger partial charge in [0.25, 0.3) is 10.0 Å². The summed E-state index contributed by atoms with van der Waals surface area (Å²) in [5.41, 5.74) is -0.613. The fourth-order valence-electron chi connectivity index (χ4n) is 2.16. The first-order chi connectivity index (χ1) is 9.22. The summed E-state index contributed by atoms with van der Waals surface area (Å²) < 4.78 is 31.9. The van der Waals surface area contributed by atoms with Crippen LogP contribution in [0.15, 0.2) is 21.7 Å². The molecule has 0 aliphatic carbocycles. The Morgan fingerprint density at radius 2 is 2.15 bits per heavy atom. The Hall–Kier alpha value is -0.920. The van der Waals surface area contributed by atoms with Crippen LogP contribution in [0.1, 0.15) is 33.6 Å². The molecule has 7 heteroatoms. The molecule has 1 aromatic rings. The molecule has 1 atom stereocenters. The van der Waals surface area contributed by atoms with Crippen LogP contribution >= 0.6 is 11.3 Å². The highest BCUT2D eigenvalue weighted by molar-refractivity contribution is 7.91. The lowest BCUT2D eigenvalue weighted by atomic mass is 10.2. The van der Waals surface area contributed by atoms with Gasteiger partial charge in [-0.3, -0.25) is 4.79 Å². The lowest BCUT2D eigenvalue weighted by molar-refractivity contribution is -0.158. The highest BCUT2D eigenvalue weighted by Gasteiger charge is 2.41. The van der Waals surface area contributed by atoms with E-state index in [2.05, 4.69) is 0 Å². The Morgan fingerprint density at radius 1 is 1.45 bits per heavy atom. The second kappa shape index (κ2) is 5.46. The van der Waals surface area contributed by atoms with Crippen molar-refractivity contribution in [2.75, 3.05) is 6.54 Å². The number of hydrogen-bond acceptors (Lipinski definition) is 5. The van der Waals surface area contributed by atoms with Gasteiger partial charge >= 0.3 is 5.97 Å². The van der Waals surface area contributed by atoms with Crippen molar-refractivity contribution in [3.8, 4) is 0 Å². The average molecular weight is 317 g/mol. The third-order valence-electron chi connectivity index (χ3n) is 2.94. The van der Waals surface area contributed by atoms with Gasteiger partial charge in [-0.15, -0.1) is 11.3 Å². The van der Waals surface area contributed by atoms with Crippen LogP contribution in [0.3, 0.4) is 0 Å². The van der Waals surface area contributed by atoms with E-state index in [1.165, 1.54) is 4.31 Å². The maximum atomic E-state index is 12.5. The van der Waals surface area contributed by atoms with E-state index in [1.807, 2.05) is 0 Å². The van der Waals surface area contributed by atoms with Crippen LogP contribution in [0.25, 0.3) is 0 Å². The number of hydrogen-bond donors (Lipinski definition) is 0. The minimum atomic E-state index is -3.59. The maximum absolute atomic E-state index is 12.5. The van der Waals surface area contributed by atoms with Crippen molar-refractivity contribution in [2.45, 2.75) is 49.5 Å². The Kier molecular flexibility index (Phi) is 4.22. The molecule has 1 aliphatic heterocycles. The van der Waals surface area contributed by atoms with Gasteiger partial charge < -0.3 is 4.74 Å². The van der Waals surface area contributed by atoms with E-state index in [0.29, 0.717) is 19.4 Å². The fourth-order valence-corrected chi connectivity index (χ4v) is 4.93. The van der Waals surface area contributed by atoms with Crippen molar-refractivity contribution in [2.24, 2.45) is 0 Å². The molecule has 5 nitrogen and oxygen atoms in total. The molecule has 0 spiro atoms. The number of esters is 1. The van der Waals surface area contributed by atoms with E-state index in [1.54, 1.807) is 38.3 Å². The Balaban J connectivity index is 2.22. The van der Waals surface area contributed by atoms with Crippen LogP contribution in [-0.4, -0.2) is 36.9 Å². The summed E-state index contributed by atoms with van der Waals surface area (Å²) in [6, 6.07) is 2.54. The van der Waals surface area contributed by atoms with E-state index in [9.17, 15) is 13.2 Å². The van der Waals surface area contributed by atoms with Gasteiger partial charge in [-0.05, 0) is 45.1 Å². The molecule has 0 aromatic carbocycles. The third kappa shape index (κ3) is 3.21. The summed E-state index contributed by atoms with van der Waals surface area (Å²) in [5.74, 6) is -0.463. The fraction of sp³-hybridized carbons (Fsp3) is 0.615. The summed E-state index contributed by atoms with van der Waals surface area (Å²) >= 11 is 1.16. The van der Waals surface area contributed by atoms with E-state index >= 15 is 0 Å².